The number of nitrogens with zero attached hydrogens (tertiary/aromatic N) is 6. The smallest absolute Gasteiger partial charge is 0.422 e. The summed E-state index contributed by atoms with van der Waals surface area (Å²) < 4.78 is 50.1. The number of nitrogen functional groups attached to an aromatic ring is 1. The van der Waals surface area contributed by atoms with Gasteiger partial charge in [0.25, 0.3) is 5.91 Å². The Hall–Kier alpha value is -4.33. The maximum Gasteiger partial charge on any atom is 0.422 e. The standard InChI is InChI=1S/C26H29F3N8O3/c1-25(2)23(38)37(17-6-4-5-16(30)13-17)21-19(40-25)14-31-24(34-21)32-18-7-8-20(36-11-9-35(3)10-12-36)33-22(18)39-15-26(27,28)29/h4-8,13-14H,9-12,15,30H2,1-3H3,(H,31,32,34). The molecule has 1 fully saturated rings. The Bertz CT molecular complexity index is 1410. The molecule has 0 bridgehead atoms. The van der Waals surface area contributed by atoms with Gasteiger partial charge in [-0.2, -0.15) is 23.1 Å². The molecule has 1 amide bonds. The van der Waals surface area contributed by atoms with E-state index in [2.05, 4.69) is 25.2 Å². The van der Waals surface area contributed by atoms with Crippen LogP contribution in [-0.2, 0) is 4.79 Å². The van der Waals surface area contributed by atoms with Crippen molar-refractivity contribution in [3.05, 3.63) is 42.6 Å². The SMILES string of the molecule is CN1CCN(c2ccc(Nc3ncc4c(n3)N(c3cccc(N)c3)C(=O)C(C)(C)O4)c(OCC(F)(F)F)n2)CC1. The van der Waals surface area contributed by atoms with Gasteiger partial charge in [-0.3, -0.25) is 9.69 Å². The summed E-state index contributed by atoms with van der Waals surface area (Å²) >= 11 is 0. The van der Waals surface area contributed by atoms with E-state index in [-0.39, 0.29) is 35.0 Å². The average Bonchev–Trinajstić information content (AvgIpc) is 2.89. The molecular weight excluding hydrogens is 529 g/mol. The lowest BCUT2D eigenvalue weighted by molar-refractivity contribution is -0.153. The number of amides is 1. The number of alkyl halides is 3. The third kappa shape index (κ3) is 5.81. The highest BCUT2D eigenvalue weighted by atomic mass is 19.4. The molecule has 0 saturated carbocycles. The molecule has 0 radical (unpaired) electrons. The fraction of sp³-hybridized carbons (Fsp3) is 0.385. The number of aromatic nitrogens is 3. The lowest BCUT2D eigenvalue weighted by Crippen LogP contribution is -2.51. The Labute approximate surface area is 228 Å². The van der Waals surface area contributed by atoms with Crippen molar-refractivity contribution in [2.45, 2.75) is 25.6 Å². The largest absolute Gasteiger partial charge is 0.472 e. The van der Waals surface area contributed by atoms with Gasteiger partial charge in [0, 0.05) is 31.9 Å². The van der Waals surface area contributed by atoms with Gasteiger partial charge in [0.05, 0.1) is 11.9 Å². The zero-order chi connectivity index (χ0) is 28.7. The highest BCUT2D eigenvalue weighted by molar-refractivity contribution is 6.07. The second-order valence-corrected chi connectivity index (χ2v) is 10.1. The maximum atomic E-state index is 13.4. The summed E-state index contributed by atoms with van der Waals surface area (Å²) in [5.41, 5.74) is 5.79. The summed E-state index contributed by atoms with van der Waals surface area (Å²) in [6.07, 6.45) is -3.17. The summed E-state index contributed by atoms with van der Waals surface area (Å²) in [4.78, 5) is 32.0. The monoisotopic (exact) mass is 558 g/mol. The number of likely N-dealkylation sites (N-methyl/N-ethyl adjacent to an activating group) is 1. The van der Waals surface area contributed by atoms with Gasteiger partial charge in [-0.25, -0.2) is 4.98 Å². The molecule has 1 saturated heterocycles. The number of ether oxygens (including phenoxy) is 2. The van der Waals surface area contributed by atoms with Gasteiger partial charge in [0.2, 0.25) is 11.8 Å². The van der Waals surface area contributed by atoms with Crippen LogP contribution in [0.1, 0.15) is 13.8 Å². The summed E-state index contributed by atoms with van der Waals surface area (Å²) in [6, 6.07) is 9.99. The number of nitrogens with one attached hydrogen (secondary N) is 1. The van der Waals surface area contributed by atoms with Gasteiger partial charge < -0.3 is 30.3 Å². The van der Waals surface area contributed by atoms with Gasteiger partial charge in [0.15, 0.2) is 23.8 Å². The fourth-order valence-electron chi connectivity index (χ4n) is 4.36. The average molecular weight is 559 g/mol. The Morgan fingerprint density at radius 1 is 1.12 bits per heavy atom. The molecule has 212 valence electrons. The molecule has 3 N–H and O–H groups in total. The number of rotatable bonds is 6. The molecule has 40 heavy (non-hydrogen) atoms. The van der Waals surface area contributed by atoms with E-state index in [1.807, 2.05) is 11.9 Å². The number of pyridine rings is 1. The Balaban J connectivity index is 1.49. The number of halogens is 3. The minimum absolute atomic E-state index is 0.00485. The van der Waals surface area contributed by atoms with Crippen LogP contribution in [0.3, 0.4) is 0 Å². The van der Waals surface area contributed by atoms with Gasteiger partial charge in [-0.15, -0.1) is 0 Å². The van der Waals surface area contributed by atoms with Crippen molar-refractivity contribution in [1.29, 1.82) is 0 Å². The van der Waals surface area contributed by atoms with Crippen LogP contribution in [0.5, 0.6) is 11.6 Å². The van der Waals surface area contributed by atoms with Crippen LogP contribution in [0.15, 0.2) is 42.6 Å². The normalized spacial score (nSPS) is 17.3. The summed E-state index contributed by atoms with van der Waals surface area (Å²) in [5.74, 6) is 0.242. The Morgan fingerprint density at radius 2 is 1.88 bits per heavy atom. The van der Waals surface area contributed by atoms with E-state index >= 15 is 0 Å². The molecule has 0 spiro atoms. The summed E-state index contributed by atoms with van der Waals surface area (Å²) in [6.45, 7) is 4.67. The van der Waals surface area contributed by atoms with Crippen LogP contribution in [0.25, 0.3) is 0 Å². The van der Waals surface area contributed by atoms with E-state index in [1.54, 1.807) is 50.2 Å². The molecule has 4 heterocycles. The Morgan fingerprint density at radius 3 is 2.58 bits per heavy atom. The molecule has 2 aliphatic rings. The molecule has 0 unspecified atom stereocenters. The molecule has 0 aliphatic carbocycles. The first-order valence-corrected chi connectivity index (χ1v) is 12.6. The topological polar surface area (TPSA) is 122 Å². The molecule has 2 aromatic heterocycles. The number of hydrogen-bond donors (Lipinski definition) is 2. The van der Waals surface area contributed by atoms with Crippen molar-refractivity contribution >= 4 is 40.6 Å². The van der Waals surface area contributed by atoms with Gasteiger partial charge in [-0.1, -0.05) is 6.07 Å². The number of anilines is 6. The Kier molecular flexibility index (Phi) is 7.04. The zero-order valence-electron chi connectivity index (χ0n) is 22.2. The number of benzene rings is 1. The van der Waals surface area contributed by atoms with E-state index in [0.29, 0.717) is 30.3 Å². The molecule has 2 aliphatic heterocycles. The van der Waals surface area contributed by atoms with Crippen molar-refractivity contribution < 1.29 is 27.4 Å². The van der Waals surface area contributed by atoms with Crippen LogP contribution in [0.2, 0.25) is 0 Å². The number of hydrogen-bond acceptors (Lipinski definition) is 10. The fourth-order valence-corrected chi connectivity index (χ4v) is 4.36. The number of nitrogens with two attached hydrogens (primary N) is 1. The van der Waals surface area contributed by atoms with Crippen LogP contribution < -0.4 is 30.3 Å². The number of fused-ring (bicyclic) bond motifs is 1. The molecule has 11 nitrogen and oxygen atoms in total. The molecule has 14 heteroatoms. The van der Waals surface area contributed by atoms with Crippen molar-refractivity contribution in [2.75, 3.05) is 60.7 Å². The first-order chi connectivity index (χ1) is 18.9. The highest BCUT2D eigenvalue weighted by Crippen LogP contribution is 2.41. The molecule has 3 aromatic rings. The van der Waals surface area contributed by atoms with Crippen molar-refractivity contribution in [3.8, 4) is 11.6 Å². The predicted molar refractivity (Wildman–Crippen MR) is 144 cm³/mol. The zero-order valence-corrected chi connectivity index (χ0v) is 22.2. The third-order valence-corrected chi connectivity index (χ3v) is 6.45. The summed E-state index contributed by atoms with van der Waals surface area (Å²) in [5, 5.41) is 2.89. The highest BCUT2D eigenvalue weighted by Gasteiger charge is 2.43. The minimum atomic E-state index is -4.56. The van der Waals surface area contributed by atoms with E-state index < -0.39 is 18.4 Å². The van der Waals surface area contributed by atoms with E-state index in [9.17, 15) is 18.0 Å². The second kappa shape index (κ2) is 10.3. The minimum Gasteiger partial charge on any atom is -0.472 e. The van der Waals surface area contributed by atoms with Gasteiger partial charge >= 0.3 is 6.18 Å². The molecule has 0 atom stereocenters. The molecular formula is C26H29F3N8O3. The van der Waals surface area contributed by atoms with Gasteiger partial charge in [0.1, 0.15) is 11.5 Å². The first kappa shape index (κ1) is 27.2. The van der Waals surface area contributed by atoms with Crippen LogP contribution in [0, 0.1) is 0 Å². The first-order valence-electron chi connectivity index (χ1n) is 12.6. The van der Waals surface area contributed by atoms with Crippen molar-refractivity contribution in [3.63, 3.8) is 0 Å². The van der Waals surface area contributed by atoms with Crippen molar-refractivity contribution in [2.24, 2.45) is 0 Å². The quantitative estimate of drug-likeness (QED) is 0.433. The van der Waals surface area contributed by atoms with Crippen LogP contribution >= 0.6 is 0 Å². The second-order valence-electron chi connectivity index (χ2n) is 10.1. The number of piperazine rings is 1. The van der Waals surface area contributed by atoms with Gasteiger partial charge in [-0.05, 0) is 51.2 Å². The summed E-state index contributed by atoms with van der Waals surface area (Å²) in [7, 11) is 2.00. The van der Waals surface area contributed by atoms with Crippen LogP contribution in [-0.4, -0.2) is 77.4 Å². The maximum absolute atomic E-state index is 13.4. The molecule has 1 aromatic carbocycles. The number of carbonyl (C=O) groups is 1. The lowest BCUT2D eigenvalue weighted by atomic mass is 10.0. The molecule has 5 rings (SSSR count). The number of carbonyl (C=O) groups excluding carboxylic acids is 1. The van der Waals surface area contributed by atoms with E-state index in [4.69, 9.17) is 15.2 Å². The lowest BCUT2D eigenvalue weighted by Gasteiger charge is -2.37. The van der Waals surface area contributed by atoms with Crippen LogP contribution in [0.4, 0.5) is 47.8 Å². The predicted octanol–water partition coefficient (Wildman–Crippen LogP) is 3.73. The third-order valence-electron chi connectivity index (χ3n) is 6.45. The van der Waals surface area contributed by atoms with Crippen molar-refractivity contribution in [1.82, 2.24) is 19.9 Å². The van der Waals surface area contributed by atoms with E-state index in [1.165, 1.54) is 11.1 Å². The van der Waals surface area contributed by atoms with E-state index in [0.717, 1.165) is 13.1 Å².